The van der Waals surface area contributed by atoms with E-state index in [-0.39, 0.29) is 5.41 Å². The molecule has 0 saturated carbocycles. The molecule has 0 aliphatic heterocycles. The summed E-state index contributed by atoms with van der Waals surface area (Å²) in [7, 11) is 0. The van der Waals surface area contributed by atoms with Gasteiger partial charge in [0.2, 0.25) is 0 Å². The van der Waals surface area contributed by atoms with Gasteiger partial charge in [0.1, 0.15) is 0 Å². The summed E-state index contributed by atoms with van der Waals surface area (Å²) in [6, 6.07) is 61.2. The Morgan fingerprint density at radius 1 is 0.423 bits per heavy atom. The van der Waals surface area contributed by atoms with E-state index in [2.05, 4.69) is 178 Å². The van der Waals surface area contributed by atoms with Gasteiger partial charge in [-0.05, 0) is 80.9 Å². The lowest BCUT2D eigenvalue weighted by Gasteiger charge is -2.24. The summed E-state index contributed by atoms with van der Waals surface area (Å²) in [4.78, 5) is 10.7. The van der Waals surface area contributed by atoms with Gasteiger partial charge in [0.05, 0.1) is 11.4 Å². The Hall–Kier alpha value is -6.16. The molecular formula is C49H34N2S. The van der Waals surface area contributed by atoms with E-state index in [1.54, 1.807) is 0 Å². The summed E-state index contributed by atoms with van der Waals surface area (Å²) in [6.07, 6.45) is 0. The van der Waals surface area contributed by atoms with Crippen LogP contribution in [0.2, 0.25) is 0 Å². The molecule has 246 valence electrons. The third-order valence-electron chi connectivity index (χ3n) is 10.7. The first-order valence-electron chi connectivity index (χ1n) is 17.8. The van der Waals surface area contributed by atoms with Crippen LogP contribution in [0.3, 0.4) is 0 Å². The van der Waals surface area contributed by atoms with Crippen molar-refractivity contribution in [2.24, 2.45) is 0 Å². The highest BCUT2D eigenvalue weighted by Gasteiger charge is 2.37. The number of rotatable bonds is 5. The molecule has 52 heavy (non-hydrogen) atoms. The number of benzene rings is 7. The van der Waals surface area contributed by atoms with Gasteiger partial charge in [-0.25, -0.2) is 9.97 Å². The van der Waals surface area contributed by atoms with Gasteiger partial charge in [-0.15, -0.1) is 11.3 Å². The van der Waals surface area contributed by atoms with E-state index < -0.39 is 0 Å². The molecule has 0 saturated heterocycles. The van der Waals surface area contributed by atoms with Crippen molar-refractivity contribution in [3.05, 3.63) is 181 Å². The smallest absolute Gasteiger partial charge is 0.160 e. The molecule has 0 atom stereocenters. The van der Waals surface area contributed by atoms with Crippen LogP contribution in [0.5, 0.6) is 0 Å². The Labute approximate surface area is 307 Å². The molecule has 0 spiro atoms. The molecule has 10 rings (SSSR count). The molecule has 2 heterocycles. The fraction of sp³-hybridized carbons (Fsp3) is 0.0612. The molecule has 3 heteroatoms. The predicted octanol–water partition coefficient (Wildman–Crippen LogP) is 13.5. The third kappa shape index (κ3) is 4.92. The Morgan fingerprint density at radius 2 is 1.02 bits per heavy atom. The van der Waals surface area contributed by atoms with Crippen LogP contribution < -0.4 is 0 Å². The molecule has 0 unspecified atom stereocenters. The largest absolute Gasteiger partial charge is 0.228 e. The monoisotopic (exact) mass is 682 g/mol. The zero-order valence-electron chi connectivity index (χ0n) is 29.0. The second-order valence-electron chi connectivity index (χ2n) is 14.2. The lowest BCUT2D eigenvalue weighted by atomic mass is 9.79. The van der Waals surface area contributed by atoms with E-state index in [4.69, 9.17) is 9.97 Å². The summed E-state index contributed by atoms with van der Waals surface area (Å²) in [6.45, 7) is 4.68. The van der Waals surface area contributed by atoms with Crippen LogP contribution >= 0.6 is 11.3 Å². The van der Waals surface area contributed by atoms with E-state index in [9.17, 15) is 0 Å². The Kier molecular flexibility index (Phi) is 7.06. The lowest BCUT2D eigenvalue weighted by Crippen LogP contribution is -2.16. The van der Waals surface area contributed by atoms with Crippen LogP contribution in [0.15, 0.2) is 170 Å². The highest BCUT2D eigenvalue weighted by Crippen LogP contribution is 2.52. The maximum Gasteiger partial charge on any atom is 0.160 e. The summed E-state index contributed by atoms with van der Waals surface area (Å²) >= 11 is 1.86. The second-order valence-corrected chi connectivity index (χ2v) is 15.3. The number of fused-ring (bicyclic) bond motifs is 6. The fourth-order valence-corrected chi connectivity index (χ4v) is 9.39. The topological polar surface area (TPSA) is 25.8 Å². The minimum absolute atomic E-state index is 0.178. The number of aromatic nitrogens is 2. The Bertz CT molecular complexity index is 2810. The van der Waals surface area contributed by atoms with Crippen molar-refractivity contribution in [3.8, 4) is 67.3 Å². The average molecular weight is 683 g/mol. The molecule has 2 nitrogen and oxygen atoms in total. The number of hydrogen-bond donors (Lipinski definition) is 0. The van der Waals surface area contributed by atoms with Crippen molar-refractivity contribution in [2.75, 3.05) is 0 Å². The summed E-state index contributed by atoms with van der Waals surface area (Å²) < 4.78 is 2.60. The van der Waals surface area contributed by atoms with Crippen molar-refractivity contribution in [1.82, 2.24) is 9.97 Å². The number of thiophene rings is 1. The first-order valence-corrected chi connectivity index (χ1v) is 18.6. The van der Waals surface area contributed by atoms with Gasteiger partial charge in [-0.1, -0.05) is 147 Å². The van der Waals surface area contributed by atoms with E-state index in [1.807, 2.05) is 17.4 Å². The van der Waals surface area contributed by atoms with Crippen LogP contribution in [0.1, 0.15) is 25.0 Å². The molecule has 0 N–H and O–H groups in total. The normalized spacial score (nSPS) is 13.0. The number of nitrogens with zero attached hydrogens (tertiary/aromatic N) is 2. The third-order valence-corrected chi connectivity index (χ3v) is 11.8. The van der Waals surface area contributed by atoms with Crippen molar-refractivity contribution in [2.45, 2.75) is 19.3 Å². The highest BCUT2D eigenvalue weighted by atomic mass is 32.1. The van der Waals surface area contributed by atoms with Crippen LogP contribution in [0.25, 0.3) is 87.5 Å². The SMILES string of the molecule is CC1(C)c2ccccc2-c2cccc(-c3cc(-c4cc(-c5ccccc5)cc(-c5cccc6sc7ccccc7c56)c4)nc(-c4ccccc4)n3)c21. The Morgan fingerprint density at radius 3 is 1.87 bits per heavy atom. The molecule has 9 aromatic rings. The van der Waals surface area contributed by atoms with Gasteiger partial charge in [-0.2, -0.15) is 0 Å². The van der Waals surface area contributed by atoms with E-state index >= 15 is 0 Å². The molecule has 1 aliphatic carbocycles. The van der Waals surface area contributed by atoms with Crippen LogP contribution in [-0.4, -0.2) is 9.97 Å². The summed E-state index contributed by atoms with van der Waals surface area (Å²) in [5.74, 6) is 0.719. The molecule has 2 aromatic heterocycles. The van der Waals surface area contributed by atoms with Gasteiger partial charge in [-0.3, -0.25) is 0 Å². The minimum Gasteiger partial charge on any atom is -0.228 e. The minimum atomic E-state index is -0.178. The van der Waals surface area contributed by atoms with Crippen molar-refractivity contribution in [3.63, 3.8) is 0 Å². The Balaban J connectivity index is 1.24. The lowest BCUT2D eigenvalue weighted by molar-refractivity contribution is 0.662. The van der Waals surface area contributed by atoms with Gasteiger partial charge in [0.25, 0.3) is 0 Å². The number of hydrogen-bond acceptors (Lipinski definition) is 3. The van der Waals surface area contributed by atoms with Gasteiger partial charge >= 0.3 is 0 Å². The molecule has 0 radical (unpaired) electrons. The summed E-state index contributed by atoms with van der Waals surface area (Å²) in [5, 5.41) is 2.59. The van der Waals surface area contributed by atoms with E-state index in [1.165, 1.54) is 59.1 Å². The van der Waals surface area contributed by atoms with E-state index in [0.717, 1.165) is 39.5 Å². The molecule has 0 fully saturated rings. The zero-order valence-corrected chi connectivity index (χ0v) is 29.8. The second kappa shape index (κ2) is 12.0. The molecular weight excluding hydrogens is 649 g/mol. The molecule has 0 bridgehead atoms. The maximum absolute atomic E-state index is 5.33. The zero-order chi connectivity index (χ0) is 34.8. The van der Waals surface area contributed by atoms with Crippen LogP contribution in [0, 0.1) is 0 Å². The van der Waals surface area contributed by atoms with Crippen molar-refractivity contribution >= 4 is 31.5 Å². The standard InChI is InChI=1S/C49H34N2S/c1-49(2)41-24-11-9-19-37(41)38-22-13-23-39(47(38)49)43-30-42(50-48(51-43)32-17-7-4-8-18-32)35-28-33(31-15-5-3-6-16-31)27-34(29-35)36-21-14-26-45-46(36)40-20-10-12-25-44(40)52-45/h3-30H,1-2H3. The summed E-state index contributed by atoms with van der Waals surface area (Å²) in [5.41, 5.74) is 14.8. The van der Waals surface area contributed by atoms with Crippen molar-refractivity contribution in [1.29, 1.82) is 0 Å². The first kappa shape index (κ1) is 30.6. The van der Waals surface area contributed by atoms with Gasteiger partial charge in [0, 0.05) is 42.3 Å². The van der Waals surface area contributed by atoms with E-state index in [0.29, 0.717) is 0 Å². The van der Waals surface area contributed by atoms with Gasteiger partial charge < -0.3 is 0 Å². The molecule has 7 aromatic carbocycles. The highest BCUT2D eigenvalue weighted by molar-refractivity contribution is 7.25. The van der Waals surface area contributed by atoms with Gasteiger partial charge in [0.15, 0.2) is 5.82 Å². The quantitative estimate of drug-likeness (QED) is 0.181. The predicted molar refractivity (Wildman–Crippen MR) is 220 cm³/mol. The van der Waals surface area contributed by atoms with Crippen LogP contribution in [-0.2, 0) is 5.41 Å². The van der Waals surface area contributed by atoms with Crippen molar-refractivity contribution < 1.29 is 0 Å². The average Bonchev–Trinajstić information content (AvgIpc) is 3.70. The maximum atomic E-state index is 5.33. The molecule has 0 amide bonds. The fourth-order valence-electron chi connectivity index (χ4n) is 8.25. The first-order chi connectivity index (χ1) is 25.5. The molecule has 1 aliphatic rings. The van der Waals surface area contributed by atoms with Crippen LogP contribution in [0.4, 0.5) is 0 Å².